The number of anilines is 2. The first kappa shape index (κ1) is 14.1. The van der Waals surface area contributed by atoms with E-state index in [2.05, 4.69) is 25.2 Å². The van der Waals surface area contributed by atoms with E-state index in [1.807, 2.05) is 25.1 Å². The molecule has 2 aromatic rings. The molecule has 0 atom stereocenters. The summed E-state index contributed by atoms with van der Waals surface area (Å²) in [5.74, 6) is -0.0376. The Morgan fingerprint density at radius 1 is 1.20 bits per heavy atom. The summed E-state index contributed by atoms with van der Waals surface area (Å²) in [6, 6.07) is 12.3. The SMILES string of the molecule is Cc1cccc(C(C)C)c1Nc1ccc(F)cc1C#N. The van der Waals surface area contributed by atoms with E-state index in [1.54, 1.807) is 6.07 Å². The predicted octanol–water partition coefficient (Wildman–Crippen LogP) is 4.87. The van der Waals surface area contributed by atoms with Crippen LogP contribution in [0.25, 0.3) is 0 Å². The number of rotatable bonds is 3. The van der Waals surface area contributed by atoms with Gasteiger partial charge in [-0.1, -0.05) is 32.0 Å². The monoisotopic (exact) mass is 268 g/mol. The highest BCUT2D eigenvalue weighted by atomic mass is 19.1. The summed E-state index contributed by atoms with van der Waals surface area (Å²) in [4.78, 5) is 0. The molecule has 0 aliphatic rings. The van der Waals surface area contributed by atoms with Gasteiger partial charge in [0, 0.05) is 5.69 Å². The van der Waals surface area contributed by atoms with Crippen LogP contribution < -0.4 is 5.32 Å². The normalized spacial score (nSPS) is 10.4. The summed E-state index contributed by atoms with van der Waals surface area (Å²) >= 11 is 0. The van der Waals surface area contributed by atoms with Crippen molar-refractivity contribution in [1.82, 2.24) is 0 Å². The summed E-state index contributed by atoms with van der Waals surface area (Å²) in [6.45, 7) is 6.26. The van der Waals surface area contributed by atoms with Gasteiger partial charge in [0.25, 0.3) is 0 Å². The molecule has 2 rings (SSSR count). The van der Waals surface area contributed by atoms with Gasteiger partial charge in [0.2, 0.25) is 0 Å². The van der Waals surface area contributed by atoms with Crippen molar-refractivity contribution in [1.29, 1.82) is 5.26 Å². The zero-order chi connectivity index (χ0) is 14.7. The van der Waals surface area contributed by atoms with Crippen molar-refractivity contribution in [3.05, 3.63) is 58.9 Å². The molecule has 0 bridgehead atoms. The number of nitrogens with zero attached hydrogens (tertiary/aromatic N) is 1. The Hall–Kier alpha value is -2.34. The lowest BCUT2D eigenvalue weighted by Crippen LogP contribution is -2.02. The van der Waals surface area contributed by atoms with Crippen molar-refractivity contribution >= 4 is 11.4 Å². The Labute approximate surface area is 118 Å². The molecule has 1 N–H and O–H groups in total. The van der Waals surface area contributed by atoms with Crippen LogP contribution in [0.4, 0.5) is 15.8 Å². The van der Waals surface area contributed by atoms with Gasteiger partial charge in [0.15, 0.2) is 0 Å². The van der Waals surface area contributed by atoms with Gasteiger partial charge in [0.05, 0.1) is 11.3 Å². The Morgan fingerprint density at radius 2 is 1.95 bits per heavy atom. The maximum absolute atomic E-state index is 13.2. The smallest absolute Gasteiger partial charge is 0.124 e. The van der Waals surface area contributed by atoms with Gasteiger partial charge >= 0.3 is 0 Å². The Balaban J connectivity index is 2.48. The first-order valence-electron chi connectivity index (χ1n) is 6.59. The van der Waals surface area contributed by atoms with Crippen LogP contribution in [0, 0.1) is 24.1 Å². The quantitative estimate of drug-likeness (QED) is 0.861. The van der Waals surface area contributed by atoms with E-state index in [9.17, 15) is 4.39 Å². The minimum Gasteiger partial charge on any atom is -0.354 e. The van der Waals surface area contributed by atoms with Crippen LogP contribution in [0.3, 0.4) is 0 Å². The van der Waals surface area contributed by atoms with Crippen LogP contribution in [0.1, 0.15) is 36.5 Å². The zero-order valence-corrected chi connectivity index (χ0v) is 11.9. The molecule has 0 heterocycles. The summed E-state index contributed by atoms with van der Waals surface area (Å²) in [5.41, 5.74) is 4.21. The molecule has 0 spiro atoms. The summed E-state index contributed by atoms with van der Waals surface area (Å²) in [5, 5.41) is 12.4. The van der Waals surface area contributed by atoms with E-state index in [0.717, 1.165) is 11.3 Å². The van der Waals surface area contributed by atoms with Gasteiger partial charge in [-0.2, -0.15) is 5.26 Å². The Morgan fingerprint density at radius 3 is 2.60 bits per heavy atom. The van der Waals surface area contributed by atoms with E-state index in [4.69, 9.17) is 5.26 Å². The van der Waals surface area contributed by atoms with Crippen molar-refractivity contribution in [2.75, 3.05) is 5.32 Å². The molecular weight excluding hydrogens is 251 g/mol. The van der Waals surface area contributed by atoms with Crippen LogP contribution in [0.5, 0.6) is 0 Å². The second-order valence-electron chi connectivity index (χ2n) is 5.12. The molecule has 0 amide bonds. The average Bonchev–Trinajstić information content (AvgIpc) is 2.42. The summed E-state index contributed by atoms with van der Waals surface area (Å²) in [7, 11) is 0. The van der Waals surface area contributed by atoms with Gasteiger partial charge in [0.1, 0.15) is 11.9 Å². The molecule has 2 nitrogen and oxygen atoms in total. The maximum Gasteiger partial charge on any atom is 0.124 e. The van der Waals surface area contributed by atoms with Crippen molar-refractivity contribution in [3.8, 4) is 6.07 Å². The number of hydrogen-bond donors (Lipinski definition) is 1. The van der Waals surface area contributed by atoms with Gasteiger partial charge in [-0.15, -0.1) is 0 Å². The van der Waals surface area contributed by atoms with Crippen molar-refractivity contribution in [2.24, 2.45) is 0 Å². The number of hydrogen-bond acceptors (Lipinski definition) is 2. The van der Waals surface area contributed by atoms with Gasteiger partial charge in [-0.05, 0) is 42.2 Å². The number of benzene rings is 2. The van der Waals surface area contributed by atoms with E-state index < -0.39 is 5.82 Å². The third kappa shape index (κ3) is 2.80. The molecule has 0 unspecified atom stereocenters. The third-order valence-corrected chi connectivity index (χ3v) is 3.29. The molecule has 3 heteroatoms. The Bertz CT molecular complexity index is 669. The largest absolute Gasteiger partial charge is 0.354 e. The van der Waals surface area contributed by atoms with Crippen molar-refractivity contribution in [2.45, 2.75) is 26.7 Å². The van der Waals surface area contributed by atoms with Gasteiger partial charge in [-0.3, -0.25) is 0 Å². The van der Waals surface area contributed by atoms with Gasteiger partial charge in [-0.25, -0.2) is 4.39 Å². The number of para-hydroxylation sites is 1. The van der Waals surface area contributed by atoms with Crippen molar-refractivity contribution < 1.29 is 4.39 Å². The third-order valence-electron chi connectivity index (χ3n) is 3.29. The molecule has 2 aromatic carbocycles. The van der Waals surface area contributed by atoms with Crippen molar-refractivity contribution in [3.63, 3.8) is 0 Å². The minimum absolute atomic E-state index is 0.308. The molecular formula is C17H17FN2. The van der Waals surface area contributed by atoms with Crippen LogP contribution in [0.2, 0.25) is 0 Å². The standard InChI is InChI=1S/C17H17FN2/c1-11(2)15-6-4-5-12(3)17(15)20-16-8-7-14(18)9-13(16)10-19/h4-9,11,20H,1-3H3. The molecule has 0 saturated carbocycles. The molecule has 0 aliphatic heterocycles. The Kier molecular flexibility index (Phi) is 4.05. The number of halogens is 1. The predicted molar refractivity (Wildman–Crippen MR) is 79.7 cm³/mol. The molecule has 0 radical (unpaired) electrons. The fraction of sp³-hybridized carbons (Fsp3) is 0.235. The molecule has 0 saturated heterocycles. The molecule has 0 aliphatic carbocycles. The lowest BCUT2D eigenvalue weighted by Gasteiger charge is -2.18. The average molecular weight is 268 g/mol. The highest BCUT2D eigenvalue weighted by Gasteiger charge is 2.11. The second-order valence-corrected chi connectivity index (χ2v) is 5.12. The highest BCUT2D eigenvalue weighted by Crippen LogP contribution is 2.31. The number of nitriles is 1. The van der Waals surface area contributed by atoms with Crippen LogP contribution in [-0.4, -0.2) is 0 Å². The van der Waals surface area contributed by atoms with E-state index in [1.165, 1.54) is 17.7 Å². The number of nitrogens with one attached hydrogen (secondary N) is 1. The lowest BCUT2D eigenvalue weighted by atomic mass is 9.98. The van der Waals surface area contributed by atoms with E-state index in [0.29, 0.717) is 17.2 Å². The number of aryl methyl sites for hydroxylation is 1. The molecule has 0 aromatic heterocycles. The lowest BCUT2D eigenvalue weighted by molar-refractivity contribution is 0.627. The fourth-order valence-electron chi connectivity index (χ4n) is 2.19. The molecule has 20 heavy (non-hydrogen) atoms. The first-order valence-corrected chi connectivity index (χ1v) is 6.59. The van der Waals surface area contributed by atoms with E-state index in [-0.39, 0.29) is 0 Å². The molecule has 0 fully saturated rings. The molecule has 102 valence electrons. The highest BCUT2D eigenvalue weighted by molar-refractivity contribution is 5.71. The van der Waals surface area contributed by atoms with Crippen LogP contribution in [-0.2, 0) is 0 Å². The fourth-order valence-corrected chi connectivity index (χ4v) is 2.19. The minimum atomic E-state index is -0.402. The van der Waals surface area contributed by atoms with E-state index >= 15 is 0 Å². The maximum atomic E-state index is 13.2. The van der Waals surface area contributed by atoms with Gasteiger partial charge < -0.3 is 5.32 Å². The zero-order valence-electron chi connectivity index (χ0n) is 11.9. The second kappa shape index (κ2) is 5.75. The first-order chi connectivity index (χ1) is 9.52. The summed E-state index contributed by atoms with van der Waals surface area (Å²) < 4.78 is 13.2. The summed E-state index contributed by atoms with van der Waals surface area (Å²) in [6.07, 6.45) is 0. The van der Waals surface area contributed by atoms with Crippen LogP contribution in [0.15, 0.2) is 36.4 Å². The van der Waals surface area contributed by atoms with Crippen LogP contribution >= 0.6 is 0 Å². The topological polar surface area (TPSA) is 35.8 Å².